The van der Waals surface area contributed by atoms with Gasteiger partial charge in [-0.15, -0.1) is 11.8 Å². The fraction of sp³-hybridized carbons (Fsp3) is 0.100. The molecule has 0 amide bonds. The van der Waals surface area contributed by atoms with Crippen LogP contribution in [0.3, 0.4) is 0 Å². The van der Waals surface area contributed by atoms with Gasteiger partial charge in [-0.25, -0.2) is 4.79 Å². The number of thioether (sulfide) groups is 1. The van der Waals surface area contributed by atoms with Crippen LogP contribution in [0.1, 0.15) is 0 Å². The van der Waals surface area contributed by atoms with Crippen molar-refractivity contribution in [3.05, 3.63) is 46.5 Å². The summed E-state index contributed by atoms with van der Waals surface area (Å²) in [6.07, 6.45) is 0. The first-order valence-electron chi connectivity index (χ1n) is 4.29. The van der Waals surface area contributed by atoms with Crippen molar-refractivity contribution >= 4 is 23.4 Å². The van der Waals surface area contributed by atoms with Gasteiger partial charge in [0.05, 0.1) is 9.82 Å². The Morgan fingerprint density at radius 2 is 2.12 bits per heavy atom. The molecule has 0 fully saturated rings. The summed E-state index contributed by atoms with van der Waals surface area (Å²) in [6, 6.07) is 6.19. The molecule has 84 valence electrons. The van der Waals surface area contributed by atoms with Gasteiger partial charge in [-0.05, 0) is 6.07 Å². The zero-order valence-corrected chi connectivity index (χ0v) is 9.07. The minimum absolute atomic E-state index is 0.0168. The van der Waals surface area contributed by atoms with Crippen molar-refractivity contribution in [3.63, 3.8) is 0 Å². The van der Waals surface area contributed by atoms with E-state index in [-0.39, 0.29) is 17.0 Å². The maximum atomic E-state index is 10.7. The average Bonchev–Trinajstić information content (AvgIpc) is 2.25. The predicted molar refractivity (Wildman–Crippen MR) is 60.6 cm³/mol. The number of carboxylic acids is 1. The number of nitro benzene ring substituents is 1. The van der Waals surface area contributed by atoms with Crippen molar-refractivity contribution < 1.29 is 14.8 Å². The molecule has 6 heteroatoms. The summed E-state index contributed by atoms with van der Waals surface area (Å²) in [5.74, 6) is -0.966. The zero-order valence-electron chi connectivity index (χ0n) is 8.25. The summed E-state index contributed by atoms with van der Waals surface area (Å²) >= 11 is 1.09. The van der Waals surface area contributed by atoms with Crippen molar-refractivity contribution in [2.45, 2.75) is 4.90 Å². The molecule has 0 saturated carbocycles. The molecule has 0 saturated heterocycles. The lowest BCUT2D eigenvalue weighted by Crippen LogP contribution is -2.01. The van der Waals surface area contributed by atoms with Crippen molar-refractivity contribution in [1.82, 2.24) is 0 Å². The SMILES string of the molecule is C=C(CSc1ccccc1[N+](=O)[O-])C(=O)O. The first-order chi connectivity index (χ1) is 7.52. The zero-order chi connectivity index (χ0) is 12.1. The Balaban J connectivity index is 2.78. The number of nitrogens with zero attached hydrogens (tertiary/aromatic N) is 1. The third-order valence-corrected chi connectivity index (χ3v) is 2.92. The van der Waals surface area contributed by atoms with E-state index in [9.17, 15) is 14.9 Å². The van der Waals surface area contributed by atoms with Gasteiger partial charge in [0.25, 0.3) is 5.69 Å². The number of rotatable bonds is 5. The predicted octanol–water partition coefficient (Wildman–Crippen LogP) is 2.33. The molecule has 16 heavy (non-hydrogen) atoms. The maximum Gasteiger partial charge on any atom is 0.331 e. The Kier molecular flexibility index (Phi) is 4.07. The molecule has 0 spiro atoms. The van der Waals surface area contributed by atoms with Gasteiger partial charge in [0.1, 0.15) is 0 Å². The Morgan fingerprint density at radius 1 is 1.50 bits per heavy atom. The number of aliphatic carboxylic acids is 1. The van der Waals surface area contributed by atoms with Crippen LogP contribution in [0.2, 0.25) is 0 Å². The summed E-state index contributed by atoms with van der Waals surface area (Å²) in [4.78, 5) is 21.1. The molecule has 0 aromatic heterocycles. The minimum atomic E-state index is -1.09. The van der Waals surface area contributed by atoms with Crippen LogP contribution < -0.4 is 0 Å². The first-order valence-corrected chi connectivity index (χ1v) is 5.28. The van der Waals surface area contributed by atoms with E-state index in [2.05, 4.69) is 6.58 Å². The molecule has 5 nitrogen and oxygen atoms in total. The Bertz CT molecular complexity index is 444. The topological polar surface area (TPSA) is 80.4 Å². The smallest absolute Gasteiger partial charge is 0.331 e. The second-order valence-electron chi connectivity index (χ2n) is 2.92. The quantitative estimate of drug-likeness (QED) is 0.369. The largest absolute Gasteiger partial charge is 0.478 e. The average molecular weight is 239 g/mol. The van der Waals surface area contributed by atoms with Gasteiger partial charge in [-0.3, -0.25) is 10.1 Å². The van der Waals surface area contributed by atoms with E-state index in [1.54, 1.807) is 18.2 Å². The Hall–Kier alpha value is -1.82. The molecule has 1 aromatic rings. The van der Waals surface area contributed by atoms with Crippen LogP contribution in [0.25, 0.3) is 0 Å². The van der Waals surface area contributed by atoms with E-state index in [4.69, 9.17) is 5.11 Å². The first kappa shape index (κ1) is 12.3. The van der Waals surface area contributed by atoms with Gasteiger partial charge in [-0.2, -0.15) is 0 Å². The summed E-state index contributed by atoms with van der Waals surface area (Å²) < 4.78 is 0. The van der Waals surface area contributed by atoms with Crippen molar-refractivity contribution in [2.24, 2.45) is 0 Å². The summed E-state index contributed by atoms with van der Waals surface area (Å²) in [5.41, 5.74) is -0.00570. The Morgan fingerprint density at radius 3 is 2.69 bits per heavy atom. The standard InChI is InChI=1S/C10H9NO4S/c1-7(10(12)13)6-16-9-5-3-2-4-8(9)11(14)15/h2-5H,1,6H2,(H,12,13). The summed E-state index contributed by atoms with van der Waals surface area (Å²) in [5, 5.41) is 19.2. The third kappa shape index (κ3) is 3.09. The van der Waals surface area contributed by atoms with Crippen LogP contribution in [0, 0.1) is 10.1 Å². The van der Waals surface area contributed by atoms with E-state index in [1.807, 2.05) is 0 Å². The van der Waals surface area contributed by atoms with Gasteiger partial charge in [0.2, 0.25) is 0 Å². The molecule has 1 aromatic carbocycles. The van der Waals surface area contributed by atoms with E-state index < -0.39 is 10.9 Å². The second-order valence-corrected chi connectivity index (χ2v) is 3.94. The van der Waals surface area contributed by atoms with E-state index in [0.717, 1.165) is 11.8 Å². The molecular formula is C10H9NO4S. The van der Waals surface area contributed by atoms with Gasteiger partial charge >= 0.3 is 5.97 Å². The number of benzene rings is 1. The molecule has 0 bridgehead atoms. The van der Waals surface area contributed by atoms with E-state index in [1.165, 1.54) is 6.07 Å². The minimum Gasteiger partial charge on any atom is -0.478 e. The molecule has 1 rings (SSSR count). The molecule has 0 unspecified atom stereocenters. The van der Waals surface area contributed by atoms with Crippen LogP contribution in [-0.2, 0) is 4.79 Å². The highest BCUT2D eigenvalue weighted by atomic mass is 32.2. The molecule has 1 N–H and O–H groups in total. The highest BCUT2D eigenvalue weighted by Crippen LogP contribution is 2.29. The molecule has 0 aliphatic carbocycles. The van der Waals surface area contributed by atoms with Crippen LogP contribution in [-0.4, -0.2) is 21.8 Å². The number of hydrogen-bond donors (Lipinski definition) is 1. The molecular weight excluding hydrogens is 230 g/mol. The van der Waals surface area contributed by atoms with Gasteiger partial charge < -0.3 is 5.11 Å². The van der Waals surface area contributed by atoms with Crippen LogP contribution >= 0.6 is 11.8 Å². The lowest BCUT2D eigenvalue weighted by atomic mass is 10.3. The number of carbonyl (C=O) groups is 1. The highest BCUT2D eigenvalue weighted by molar-refractivity contribution is 7.99. The summed E-state index contributed by atoms with van der Waals surface area (Å²) in [7, 11) is 0. The second kappa shape index (κ2) is 5.32. The lowest BCUT2D eigenvalue weighted by molar-refractivity contribution is -0.387. The summed E-state index contributed by atoms with van der Waals surface area (Å²) in [6.45, 7) is 3.35. The van der Waals surface area contributed by atoms with Gasteiger partial charge in [-0.1, -0.05) is 18.7 Å². The van der Waals surface area contributed by atoms with Crippen LogP contribution in [0.4, 0.5) is 5.69 Å². The van der Waals surface area contributed by atoms with Crippen molar-refractivity contribution in [2.75, 3.05) is 5.75 Å². The van der Waals surface area contributed by atoms with Crippen molar-refractivity contribution in [3.8, 4) is 0 Å². The molecule has 0 aliphatic rings. The molecule has 0 aliphatic heterocycles. The van der Waals surface area contributed by atoms with Crippen LogP contribution in [0.15, 0.2) is 41.3 Å². The van der Waals surface area contributed by atoms with E-state index in [0.29, 0.717) is 4.90 Å². The Labute approximate surface area is 95.9 Å². The number of hydrogen-bond acceptors (Lipinski definition) is 4. The van der Waals surface area contributed by atoms with E-state index >= 15 is 0 Å². The molecule has 0 atom stereocenters. The fourth-order valence-corrected chi connectivity index (χ4v) is 1.88. The van der Waals surface area contributed by atoms with Gasteiger partial charge in [0, 0.05) is 17.4 Å². The van der Waals surface area contributed by atoms with Gasteiger partial charge in [0.15, 0.2) is 0 Å². The fourth-order valence-electron chi connectivity index (χ4n) is 0.957. The molecule has 0 radical (unpaired) electrons. The third-order valence-electron chi connectivity index (χ3n) is 1.77. The van der Waals surface area contributed by atoms with Crippen molar-refractivity contribution in [1.29, 1.82) is 0 Å². The monoisotopic (exact) mass is 239 g/mol. The maximum absolute atomic E-state index is 10.7. The number of nitro groups is 1. The number of para-hydroxylation sites is 1. The normalized spacial score (nSPS) is 9.75. The van der Waals surface area contributed by atoms with Crippen LogP contribution in [0.5, 0.6) is 0 Å². The number of carboxylic acid groups (broad SMARTS) is 1. The lowest BCUT2D eigenvalue weighted by Gasteiger charge is -2.02. The molecule has 0 heterocycles. The highest BCUT2D eigenvalue weighted by Gasteiger charge is 2.14.